The number of hydrogen-bond acceptors (Lipinski definition) is 3. The van der Waals surface area contributed by atoms with Gasteiger partial charge in [-0.2, -0.15) is 5.26 Å². The predicted octanol–water partition coefficient (Wildman–Crippen LogP) is 2.78. The third-order valence-electron chi connectivity index (χ3n) is 2.37. The Morgan fingerprint density at radius 2 is 2.22 bits per heavy atom. The summed E-state index contributed by atoms with van der Waals surface area (Å²) in [5.41, 5.74) is 6.68. The summed E-state index contributed by atoms with van der Waals surface area (Å²) in [6.45, 7) is 3.77. The molecule has 1 amide bonds. The van der Waals surface area contributed by atoms with Crippen molar-refractivity contribution in [2.24, 2.45) is 5.73 Å². The molecule has 1 aromatic rings. The zero-order chi connectivity index (χ0) is 13.8. The summed E-state index contributed by atoms with van der Waals surface area (Å²) < 4.78 is 0.696. The van der Waals surface area contributed by atoms with Crippen LogP contribution in [-0.2, 0) is 4.79 Å². The average molecular weight is 310 g/mol. The Kier molecular flexibility index (Phi) is 4.88. The fourth-order valence-electron chi connectivity index (χ4n) is 1.33. The molecule has 0 aromatic heterocycles. The number of carbonyl (C=O) groups excluding carboxylic acids is 1. The lowest BCUT2D eigenvalue weighted by molar-refractivity contribution is -0.116. The van der Waals surface area contributed by atoms with Crippen molar-refractivity contribution in [2.75, 3.05) is 5.32 Å². The van der Waals surface area contributed by atoms with Crippen LogP contribution in [0.15, 0.2) is 22.7 Å². The predicted molar refractivity (Wildman–Crippen MR) is 75.0 cm³/mol. The smallest absolute Gasteiger partial charge is 0.224 e. The summed E-state index contributed by atoms with van der Waals surface area (Å²) >= 11 is 3.32. The summed E-state index contributed by atoms with van der Waals surface area (Å²) in [7, 11) is 0. The highest BCUT2D eigenvalue weighted by Crippen LogP contribution is 2.23. The van der Waals surface area contributed by atoms with E-state index >= 15 is 0 Å². The van der Waals surface area contributed by atoms with Crippen molar-refractivity contribution in [3.63, 3.8) is 0 Å². The number of rotatable bonds is 4. The lowest BCUT2D eigenvalue weighted by Gasteiger charge is -2.17. The van der Waals surface area contributed by atoms with Crippen LogP contribution >= 0.6 is 15.9 Å². The molecule has 5 heteroatoms. The quantitative estimate of drug-likeness (QED) is 0.897. The highest BCUT2D eigenvalue weighted by atomic mass is 79.9. The molecule has 0 radical (unpaired) electrons. The zero-order valence-electron chi connectivity index (χ0n) is 10.5. The van der Waals surface area contributed by atoms with E-state index in [1.807, 2.05) is 19.9 Å². The zero-order valence-corrected chi connectivity index (χ0v) is 12.0. The molecule has 0 spiro atoms. The molecule has 0 bridgehead atoms. The summed E-state index contributed by atoms with van der Waals surface area (Å²) in [5, 5.41) is 11.5. The first-order valence-corrected chi connectivity index (χ1v) is 6.39. The van der Waals surface area contributed by atoms with Crippen LogP contribution in [-0.4, -0.2) is 11.4 Å². The van der Waals surface area contributed by atoms with Gasteiger partial charge in [-0.05, 0) is 54.4 Å². The van der Waals surface area contributed by atoms with Gasteiger partial charge in [0.05, 0.1) is 17.3 Å². The molecule has 0 fully saturated rings. The molecular formula is C13H16BrN3O. The Labute approximate surface area is 115 Å². The van der Waals surface area contributed by atoms with Gasteiger partial charge in [0.2, 0.25) is 5.91 Å². The van der Waals surface area contributed by atoms with Gasteiger partial charge in [0.1, 0.15) is 0 Å². The molecule has 0 unspecified atom stereocenters. The van der Waals surface area contributed by atoms with Gasteiger partial charge in [-0.3, -0.25) is 4.79 Å². The van der Waals surface area contributed by atoms with Gasteiger partial charge < -0.3 is 11.1 Å². The minimum Gasteiger partial charge on any atom is -0.326 e. The molecule has 0 aliphatic heterocycles. The molecule has 0 saturated carbocycles. The maximum Gasteiger partial charge on any atom is 0.224 e. The first kappa shape index (κ1) is 14.7. The SMILES string of the molecule is CC(C)(N)CCC(=O)Nc1ccc(C#N)cc1Br. The monoisotopic (exact) mass is 309 g/mol. The van der Waals surface area contributed by atoms with Crippen LogP contribution < -0.4 is 11.1 Å². The van der Waals surface area contributed by atoms with Crippen molar-refractivity contribution in [1.82, 2.24) is 0 Å². The molecule has 3 N–H and O–H groups in total. The Morgan fingerprint density at radius 3 is 2.72 bits per heavy atom. The number of nitriles is 1. The number of anilines is 1. The molecule has 0 aliphatic carbocycles. The van der Waals surface area contributed by atoms with E-state index in [-0.39, 0.29) is 11.4 Å². The van der Waals surface area contributed by atoms with Gasteiger partial charge in [0.25, 0.3) is 0 Å². The first-order valence-electron chi connectivity index (χ1n) is 5.60. The molecule has 4 nitrogen and oxygen atoms in total. The van der Waals surface area contributed by atoms with Gasteiger partial charge in [-0.25, -0.2) is 0 Å². The third kappa shape index (κ3) is 4.86. The molecule has 0 saturated heterocycles. The maximum atomic E-state index is 11.7. The average Bonchev–Trinajstić information content (AvgIpc) is 2.28. The van der Waals surface area contributed by atoms with Crippen molar-refractivity contribution >= 4 is 27.5 Å². The molecule has 0 atom stereocenters. The van der Waals surface area contributed by atoms with E-state index < -0.39 is 0 Å². The van der Waals surface area contributed by atoms with Crippen LogP contribution in [0.3, 0.4) is 0 Å². The molecule has 0 aliphatic rings. The number of amides is 1. The van der Waals surface area contributed by atoms with Crippen molar-refractivity contribution in [2.45, 2.75) is 32.2 Å². The second-order valence-corrected chi connectivity index (χ2v) is 5.70. The molecule has 1 aromatic carbocycles. The van der Waals surface area contributed by atoms with Gasteiger partial charge >= 0.3 is 0 Å². The third-order valence-corrected chi connectivity index (χ3v) is 3.02. The molecule has 18 heavy (non-hydrogen) atoms. The van der Waals surface area contributed by atoms with Crippen LogP contribution in [0.25, 0.3) is 0 Å². The van der Waals surface area contributed by atoms with E-state index in [1.165, 1.54) is 0 Å². The first-order chi connectivity index (χ1) is 8.31. The fraction of sp³-hybridized carbons (Fsp3) is 0.385. The molecule has 1 rings (SSSR count). The largest absolute Gasteiger partial charge is 0.326 e. The molecule has 96 valence electrons. The molecule has 0 heterocycles. The minimum atomic E-state index is -0.348. The van der Waals surface area contributed by atoms with Crippen LogP contribution in [0.1, 0.15) is 32.3 Å². The lowest BCUT2D eigenvalue weighted by atomic mass is 10.00. The van der Waals surface area contributed by atoms with E-state index in [2.05, 4.69) is 21.2 Å². The van der Waals surface area contributed by atoms with E-state index in [4.69, 9.17) is 11.0 Å². The van der Waals surface area contributed by atoms with Crippen molar-refractivity contribution in [1.29, 1.82) is 5.26 Å². The standard InChI is InChI=1S/C13H16BrN3O/c1-13(2,16)6-5-12(18)17-11-4-3-9(8-15)7-10(11)14/h3-4,7H,5-6,16H2,1-2H3,(H,17,18). The number of carbonyl (C=O) groups is 1. The maximum absolute atomic E-state index is 11.7. The highest BCUT2D eigenvalue weighted by Gasteiger charge is 2.14. The van der Waals surface area contributed by atoms with E-state index in [1.54, 1.807) is 18.2 Å². The van der Waals surface area contributed by atoms with Gasteiger partial charge in [-0.15, -0.1) is 0 Å². The number of nitrogens with two attached hydrogens (primary N) is 1. The van der Waals surface area contributed by atoms with Crippen molar-refractivity contribution < 1.29 is 4.79 Å². The van der Waals surface area contributed by atoms with Crippen LogP contribution in [0, 0.1) is 11.3 Å². The van der Waals surface area contributed by atoms with Crippen molar-refractivity contribution in [3.05, 3.63) is 28.2 Å². The Balaban J connectivity index is 2.63. The Morgan fingerprint density at radius 1 is 1.56 bits per heavy atom. The van der Waals surface area contributed by atoms with E-state index in [0.717, 1.165) is 0 Å². The minimum absolute atomic E-state index is 0.0843. The van der Waals surface area contributed by atoms with Gasteiger partial charge in [0.15, 0.2) is 0 Å². The molecular weight excluding hydrogens is 294 g/mol. The topological polar surface area (TPSA) is 78.9 Å². The van der Waals surface area contributed by atoms with Gasteiger partial charge in [-0.1, -0.05) is 0 Å². The Hall–Kier alpha value is -1.38. The summed E-state index contributed by atoms with van der Waals surface area (Å²) in [6, 6.07) is 7.07. The van der Waals surface area contributed by atoms with Crippen molar-refractivity contribution in [3.8, 4) is 6.07 Å². The summed E-state index contributed by atoms with van der Waals surface area (Å²) in [4.78, 5) is 11.7. The summed E-state index contributed by atoms with van der Waals surface area (Å²) in [6.07, 6.45) is 0.989. The Bertz CT molecular complexity index is 486. The van der Waals surface area contributed by atoms with Crippen LogP contribution in [0.4, 0.5) is 5.69 Å². The fourth-order valence-corrected chi connectivity index (χ4v) is 1.81. The lowest BCUT2D eigenvalue weighted by Crippen LogP contribution is -2.33. The van der Waals surface area contributed by atoms with E-state index in [9.17, 15) is 4.79 Å². The highest BCUT2D eigenvalue weighted by molar-refractivity contribution is 9.10. The number of benzene rings is 1. The number of nitrogens with one attached hydrogen (secondary N) is 1. The van der Waals surface area contributed by atoms with E-state index in [0.29, 0.717) is 28.6 Å². The number of hydrogen-bond donors (Lipinski definition) is 2. The second-order valence-electron chi connectivity index (χ2n) is 4.84. The number of nitrogens with zero attached hydrogens (tertiary/aromatic N) is 1. The second kappa shape index (κ2) is 5.98. The normalized spacial score (nSPS) is 10.8. The van der Waals surface area contributed by atoms with Crippen LogP contribution in [0.2, 0.25) is 0 Å². The summed E-state index contributed by atoms with van der Waals surface area (Å²) in [5.74, 6) is -0.0843. The van der Waals surface area contributed by atoms with Gasteiger partial charge in [0, 0.05) is 16.4 Å². The van der Waals surface area contributed by atoms with Crippen LogP contribution in [0.5, 0.6) is 0 Å². The number of halogens is 1.